The van der Waals surface area contributed by atoms with Gasteiger partial charge in [-0.25, -0.2) is 9.18 Å². The number of rotatable bonds is 5. The molecule has 1 aromatic heterocycles. The van der Waals surface area contributed by atoms with E-state index in [4.69, 9.17) is 4.74 Å². The largest absolute Gasteiger partial charge is 0.448 e. The van der Waals surface area contributed by atoms with Gasteiger partial charge in [0, 0.05) is 30.2 Å². The van der Waals surface area contributed by atoms with E-state index in [9.17, 15) is 14.0 Å². The number of fused-ring (bicyclic) bond motifs is 1. The average molecular weight is 386 g/mol. The molecule has 1 atom stereocenters. The van der Waals surface area contributed by atoms with E-state index in [1.54, 1.807) is 24.3 Å². The Kier molecular flexibility index (Phi) is 5.41. The first-order valence-electron chi connectivity index (χ1n) is 8.32. The van der Waals surface area contributed by atoms with Gasteiger partial charge in [-0.3, -0.25) is 4.79 Å². The van der Waals surface area contributed by atoms with Gasteiger partial charge in [-0.1, -0.05) is 6.07 Å². The summed E-state index contributed by atoms with van der Waals surface area (Å²) in [6, 6.07) is 13.2. The molecule has 0 aliphatic heterocycles. The van der Waals surface area contributed by atoms with Crippen molar-refractivity contribution in [1.82, 2.24) is 0 Å². The topological polar surface area (TPSA) is 58.6 Å². The van der Waals surface area contributed by atoms with Crippen molar-refractivity contribution in [1.29, 1.82) is 0 Å². The number of hydrogen-bond acceptors (Lipinski definition) is 5. The van der Waals surface area contributed by atoms with Crippen LogP contribution in [-0.4, -0.2) is 32.1 Å². The van der Waals surface area contributed by atoms with Crippen molar-refractivity contribution in [3.8, 4) is 0 Å². The van der Waals surface area contributed by atoms with Crippen LogP contribution in [0.3, 0.4) is 0 Å². The quantitative estimate of drug-likeness (QED) is 0.665. The summed E-state index contributed by atoms with van der Waals surface area (Å²) in [5.74, 6) is -1.40. The van der Waals surface area contributed by atoms with E-state index in [2.05, 4.69) is 5.32 Å². The van der Waals surface area contributed by atoms with Gasteiger partial charge in [0.25, 0.3) is 5.91 Å². The van der Waals surface area contributed by atoms with Crippen LogP contribution in [0.1, 0.15) is 16.6 Å². The number of thiophene rings is 1. The summed E-state index contributed by atoms with van der Waals surface area (Å²) >= 11 is 1.13. The molecule has 1 N–H and O–H groups in total. The van der Waals surface area contributed by atoms with Crippen molar-refractivity contribution < 1.29 is 18.7 Å². The predicted octanol–water partition coefficient (Wildman–Crippen LogP) is 4.29. The molecule has 0 spiro atoms. The fraction of sp³-hybridized carbons (Fsp3) is 0.200. The summed E-state index contributed by atoms with van der Waals surface area (Å²) in [4.78, 5) is 26.8. The van der Waals surface area contributed by atoms with Crippen molar-refractivity contribution in [3.63, 3.8) is 0 Å². The first-order valence-corrected chi connectivity index (χ1v) is 9.13. The first-order chi connectivity index (χ1) is 12.8. The Hall–Kier alpha value is -2.93. The summed E-state index contributed by atoms with van der Waals surface area (Å²) < 4.78 is 19.2. The monoisotopic (exact) mass is 386 g/mol. The second-order valence-corrected chi connectivity index (χ2v) is 7.35. The second kappa shape index (κ2) is 7.75. The number of carbonyl (C=O) groups is 2. The molecule has 1 unspecified atom stereocenters. The third-order valence-electron chi connectivity index (χ3n) is 3.99. The lowest BCUT2D eigenvalue weighted by Gasteiger charge is -2.15. The van der Waals surface area contributed by atoms with Crippen molar-refractivity contribution in [2.45, 2.75) is 13.0 Å². The van der Waals surface area contributed by atoms with Gasteiger partial charge in [0.1, 0.15) is 10.7 Å². The zero-order chi connectivity index (χ0) is 19.6. The van der Waals surface area contributed by atoms with E-state index in [0.29, 0.717) is 15.3 Å². The van der Waals surface area contributed by atoms with Crippen molar-refractivity contribution in [2.24, 2.45) is 0 Å². The van der Waals surface area contributed by atoms with E-state index < -0.39 is 18.0 Å². The van der Waals surface area contributed by atoms with Gasteiger partial charge in [0.2, 0.25) is 0 Å². The lowest BCUT2D eigenvalue weighted by atomic mass is 10.2. The minimum atomic E-state index is -0.965. The summed E-state index contributed by atoms with van der Waals surface area (Å²) in [7, 11) is 3.86. The highest BCUT2D eigenvalue weighted by molar-refractivity contribution is 7.20. The summed E-state index contributed by atoms with van der Waals surface area (Å²) in [5.41, 5.74) is 1.62. The number of anilines is 2. The van der Waals surface area contributed by atoms with Crippen LogP contribution < -0.4 is 10.2 Å². The Bertz CT molecular complexity index is 983. The van der Waals surface area contributed by atoms with Crippen LogP contribution in [0.5, 0.6) is 0 Å². The Morgan fingerprint density at radius 2 is 1.81 bits per heavy atom. The van der Waals surface area contributed by atoms with Gasteiger partial charge in [-0.05, 0) is 54.8 Å². The van der Waals surface area contributed by atoms with Crippen molar-refractivity contribution >= 4 is 44.7 Å². The highest BCUT2D eigenvalue weighted by Gasteiger charge is 2.20. The number of nitrogens with one attached hydrogen (secondary N) is 1. The Labute approximate surface area is 160 Å². The smallest absolute Gasteiger partial charge is 0.349 e. The standard InChI is InChI=1S/C20H19FN2O3S/c1-12(19(24)22-15-6-8-16(9-7-15)23(2)3)26-20(25)18-10-13-4-5-14(21)11-17(13)27-18/h4-12H,1-3H3,(H,22,24). The Morgan fingerprint density at radius 1 is 1.11 bits per heavy atom. The van der Waals surface area contributed by atoms with Gasteiger partial charge in [-0.2, -0.15) is 0 Å². The molecule has 0 bridgehead atoms. The molecule has 0 radical (unpaired) electrons. The number of amides is 1. The first kappa shape index (κ1) is 18.8. The molecular formula is C20H19FN2O3S. The van der Waals surface area contributed by atoms with Crippen molar-refractivity contribution in [3.05, 3.63) is 59.2 Å². The van der Waals surface area contributed by atoms with E-state index in [0.717, 1.165) is 22.4 Å². The summed E-state index contributed by atoms with van der Waals surface area (Å²) in [6.07, 6.45) is -0.965. The summed E-state index contributed by atoms with van der Waals surface area (Å²) in [6.45, 7) is 1.51. The van der Waals surface area contributed by atoms with E-state index in [-0.39, 0.29) is 5.82 Å². The molecule has 27 heavy (non-hydrogen) atoms. The molecule has 1 amide bonds. The SMILES string of the molecule is CC(OC(=O)c1cc2ccc(F)cc2s1)C(=O)Nc1ccc(N(C)C)cc1. The lowest BCUT2D eigenvalue weighted by Crippen LogP contribution is -2.29. The van der Waals surface area contributed by atoms with Crippen LogP contribution in [0.4, 0.5) is 15.8 Å². The van der Waals surface area contributed by atoms with Crippen LogP contribution in [0, 0.1) is 5.82 Å². The summed E-state index contributed by atoms with van der Waals surface area (Å²) in [5, 5.41) is 3.47. The maximum Gasteiger partial charge on any atom is 0.349 e. The average Bonchev–Trinajstić information content (AvgIpc) is 3.05. The van der Waals surface area contributed by atoms with Crippen LogP contribution >= 0.6 is 11.3 Å². The molecule has 7 heteroatoms. The van der Waals surface area contributed by atoms with E-state index >= 15 is 0 Å². The van der Waals surface area contributed by atoms with E-state index in [1.165, 1.54) is 19.1 Å². The Balaban J connectivity index is 1.63. The van der Waals surface area contributed by atoms with Crippen molar-refractivity contribution in [2.75, 3.05) is 24.3 Å². The number of benzene rings is 2. The fourth-order valence-corrected chi connectivity index (χ4v) is 3.44. The molecule has 0 saturated carbocycles. The van der Waals surface area contributed by atoms with Crippen LogP contribution in [0.2, 0.25) is 0 Å². The number of esters is 1. The van der Waals surface area contributed by atoms with Gasteiger partial charge in [0.05, 0.1) is 0 Å². The van der Waals surface area contributed by atoms with Crippen LogP contribution in [0.25, 0.3) is 10.1 Å². The Morgan fingerprint density at radius 3 is 2.48 bits per heavy atom. The third kappa shape index (κ3) is 4.43. The van der Waals surface area contributed by atoms with Gasteiger partial charge < -0.3 is 15.0 Å². The van der Waals surface area contributed by atoms with Crippen LogP contribution in [0.15, 0.2) is 48.5 Å². The number of ether oxygens (including phenoxy) is 1. The molecule has 0 fully saturated rings. The zero-order valence-electron chi connectivity index (χ0n) is 15.2. The lowest BCUT2D eigenvalue weighted by molar-refractivity contribution is -0.123. The maximum atomic E-state index is 13.3. The molecule has 140 valence electrons. The molecule has 0 saturated heterocycles. The number of halogens is 1. The fourth-order valence-electron chi connectivity index (χ4n) is 2.46. The molecule has 5 nitrogen and oxygen atoms in total. The highest BCUT2D eigenvalue weighted by Crippen LogP contribution is 2.27. The van der Waals surface area contributed by atoms with E-state index in [1.807, 2.05) is 31.1 Å². The molecule has 2 aromatic carbocycles. The molecule has 3 rings (SSSR count). The number of carbonyl (C=O) groups excluding carboxylic acids is 2. The van der Waals surface area contributed by atoms with Crippen LogP contribution in [-0.2, 0) is 9.53 Å². The third-order valence-corrected chi connectivity index (χ3v) is 5.07. The molecule has 0 aliphatic rings. The molecule has 3 aromatic rings. The minimum absolute atomic E-state index is 0.325. The number of nitrogens with zero attached hydrogens (tertiary/aromatic N) is 1. The molecule has 0 aliphatic carbocycles. The normalized spacial score (nSPS) is 11.9. The molecule has 1 heterocycles. The zero-order valence-corrected chi connectivity index (χ0v) is 16.0. The van der Waals surface area contributed by atoms with Gasteiger partial charge in [-0.15, -0.1) is 11.3 Å². The number of hydrogen-bond donors (Lipinski definition) is 1. The molecular weight excluding hydrogens is 367 g/mol. The second-order valence-electron chi connectivity index (χ2n) is 6.27. The van der Waals surface area contributed by atoms with Gasteiger partial charge in [0.15, 0.2) is 6.10 Å². The maximum absolute atomic E-state index is 13.3. The van der Waals surface area contributed by atoms with Gasteiger partial charge >= 0.3 is 5.97 Å². The predicted molar refractivity (Wildman–Crippen MR) is 106 cm³/mol. The minimum Gasteiger partial charge on any atom is -0.448 e. The highest BCUT2D eigenvalue weighted by atomic mass is 32.1.